The van der Waals surface area contributed by atoms with Crippen LogP contribution in [-0.4, -0.2) is 13.1 Å². The molecule has 2 atom stereocenters. The zero-order valence-corrected chi connectivity index (χ0v) is 12.4. The SMILES string of the molecule is Cl.Clc1ccc2c(c1)[C@H]1CNC[C@@H]1c1ccccc1O2. The quantitative estimate of drug-likeness (QED) is 0.782. The molecule has 0 bridgehead atoms. The van der Waals surface area contributed by atoms with Gasteiger partial charge in [0.05, 0.1) is 0 Å². The highest BCUT2D eigenvalue weighted by Crippen LogP contribution is 2.48. The lowest BCUT2D eigenvalue weighted by Gasteiger charge is -2.17. The Kier molecular flexibility index (Phi) is 3.63. The fourth-order valence-corrected chi connectivity index (χ4v) is 3.41. The summed E-state index contributed by atoms with van der Waals surface area (Å²) in [5, 5.41) is 4.27. The summed E-state index contributed by atoms with van der Waals surface area (Å²) in [6.07, 6.45) is 0. The normalized spacial score (nSPS) is 22.6. The molecule has 2 nitrogen and oxygen atoms in total. The van der Waals surface area contributed by atoms with E-state index < -0.39 is 0 Å². The second kappa shape index (κ2) is 5.28. The molecule has 2 heterocycles. The lowest BCUT2D eigenvalue weighted by molar-refractivity contribution is 0.476. The van der Waals surface area contributed by atoms with Crippen LogP contribution >= 0.6 is 24.0 Å². The Labute approximate surface area is 129 Å². The number of nitrogens with one attached hydrogen (secondary N) is 1. The molecule has 2 aliphatic heterocycles. The molecule has 0 amide bonds. The maximum Gasteiger partial charge on any atom is 0.131 e. The smallest absolute Gasteiger partial charge is 0.131 e. The van der Waals surface area contributed by atoms with Crippen LogP contribution in [0.1, 0.15) is 23.0 Å². The van der Waals surface area contributed by atoms with Crippen LogP contribution in [0.3, 0.4) is 0 Å². The number of fused-ring (bicyclic) bond motifs is 5. The minimum atomic E-state index is 0. The van der Waals surface area contributed by atoms with E-state index in [1.165, 1.54) is 11.1 Å². The van der Waals surface area contributed by atoms with E-state index in [2.05, 4.69) is 23.5 Å². The first-order valence-corrected chi connectivity index (χ1v) is 6.97. The van der Waals surface area contributed by atoms with E-state index >= 15 is 0 Å². The Bertz CT molecular complexity index is 644. The minimum Gasteiger partial charge on any atom is -0.457 e. The Balaban J connectivity index is 0.00000121. The third kappa shape index (κ3) is 2.08. The van der Waals surface area contributed by atoms with E-state index in [0.29, 0.717) is 11.8 Å². The van der Waals surface area contributed by atoms with Gasteiger partial charge >= 0.3 is 0 Å². The molecule has 0 saturated carbocycles. The lowest BCUT2D eigenvalue weighted by atomic mass is 9.84. The van der Waals surface area contributed by atoms with Gasteiger partial charge in [-0.2, -0.15) is 0 Å². The van der Waals surface area contributed by atoms with E-state index in [-0.39, 0.29) is 12.4 Å². The van der Waals surface area contributed by atoms with Crippen molar-refractivity contribution >= 4 is 24.0 Å². The van der Waals surface area contributed by atoms with Crippen molar-refractivity contribution in [2.45, 2.75) is 11.8 Å². The standard InChI is InChI=1S/C16H14ClNO.ClH/c17-10-5-6-16-12(7-10)14-9-18-8-13(14)11-3-1-2-4-15(11)19-16;/h1-7,13-14,18H,8-9H2;1H/t13-,14-;/m1./s1. The van der Waals surface area contributed by atoms with Crippen LogP contribution in [-0.2, 0) is 0 Å². The number of halogens is 2. The molecule has 1 fully saturated rings. The van der Waals surface area contributed by atoms with Crippen LogP contribution in [0.4, 0.5) is 0 Å². The topological polar surface area (TPSA) is 21.3 Å². The second-order valence-electron chi connectivity index (χ2n) is 5.19. The van der Waals surface area contributed by atoms with Crippen LogP contribution in [0, 0.1) is 0 Å². The molecular weight excluding hydrogens is 293 g/mol. The maximum absolute atomic E-state index is 6.16. The number of para-hydroxylation sites is 1. The number of ether oxygens (including phenoxy) is 1. The predicted molar refractivity (Wildman–Crippen MR) is 83.6 cm³/mol. The summed E-state index contributed by atoms with van der Waals surface area (Å²) in [4.78, 5) is 0. The molecule has 0 radical (unpaired) electrons. The summed E-state index contributed by atoms with van der Waals surface area (Å²) < 4.78 is 6.11. The van der Waals surface area contributed by atoms with Gasteiger partial charge in [0.25, 0.3) is 0 Å². The first-order chi connectivity index (χ1) is 9.33. The van der Waals surface area contributed by atoms with Gasteiger partial charge in [0.2, 0.25) is 0 Å². The van der Waals surface area contributed by atoms with Crippen LogP contribution < -0.4 is 10.1 Å². The van der Waals surface area contributed by atoms with Gasteiger partial charge in [0.1, 0.15) is 11.5 Å². The highest BCUT2D eigenvalue weighted by molar-refractivity contribution is 6.30. The van der Waals surface area contributed by atoms with Crippen LogP contribution in [0.5, 0.6) is 11.5 Å². The molecule has 2 aliphatic rings. The van der Waals surface area contributed by atoms with Crippen molar-refractivity contribution in [1.29, 1.82) is 0 Å². The molecule has 20 heavy (non-hydrogen) atoms. The number of benzene rings is 2. The number of hydrogen-bond acceptors (Lipinski definition) is 2. The van der Waals surface area contributed by atoms with Gasteiger partial charge < -0.3 is 10.1 Å². The molecule has 2 aromatic rings. The molecule has 4 rings (SSSR count). The molecule has 1 N–H and O–H groups in total. The summed E-state index contributed by atoms with van der Waals surface area (Å²) >= 11 is 6.16. The third-order valence-corrected chi connectivity index (χ3v) is 4.36. The molecule has 0 unspecified atom stereocenters. The van der Waals surface area contributed by atoms with Gasteiger partial charge in [-0.05, 0) is 29.8 Å². The van der Waals surface area contributed by atoms with Crippen molar-refractivity contribution in [3.63, 3.8) is 0 Å². The third-order valence-electron chi connectivity index (χ3n) is 4.12. The fourth-order valence-electron chi connectivity index (χ4n) is 3.23. The van der Waals surface area contributed by atoms with Crippen LogP contribution in [0.2, 0.25) is 5.02 Å². The zero-order chi connectivity index (χ0) is 12.8. The molecule has 0 aliphatic carbocycles. The van der Waals surface area contributed by atoms with Crippen molar-refractivity contribution in [1.82, 2.24) is 5.32 Å². The van der Waals surface area contributed by atoms with Crippen molar-refractivity contribution in [3.8, 4) is 11.5 Å². The predicted octanol–water partition coefficient (Wildman–Crippen LogP) is 4.34. The summed E-state index contributed by atoms with van der Waals surface area (Å²) in [5.41, 5.74) is 2.52. The van der Waals surface area contributed by atoms with E-state index in [4.69, 9.17) is 16.3 Å². The summed E-state index contributed by atoms with van der Waals surface area (Å²) in [6.45, 7) is 1.98. The van der Waals surface area contributed by atoms with Crippen molar-refractivity contribution in [2.24, 2.45) is 0 Å². The average Bonchev–Trinajstić information content (AvgIpc) is 2.86. The highest BCUT2D eigenvalue weighted by Gasteiger charge is 2.35. The summed E-state index contributed by atoms with van der Waals surface area (Å²) in [6, 6.07) is 14.3. The maximum atomic E-state index is 6.16. The lowest BCUT2D eigenvalue weighted by Crippen LogP contribution is -2.08. The van der Waals surface area contributed by atoms with Gasteiger partial charge in [-0.1, -0.05) is 29.8 Å². The number of hydrogen-bond donors (Lipinski definition) is 1. The highest BCUT2D eigenvalue weighted by atomic mass is 35.5. The monoisotopic (exact) mass is 307 g/mol. The largest absolute Gasteiger partial charge is 0.457 e. The van der Waals surface area contributed by atoms with Gasteiger partial charge in [0.15, 0.2) is 0 Å². The van der Waals surface area contributed by atoms with Crippen molar-refractivity contribution < 1.29 is 4.74 Å². The van der Waals surface area contributed by atoms with Gasteiger partial charge in [-0.25, -0.2) is 0 Å². The van der Waals surface area contributed by atoms with Crippen molar-refractivity contribution in [2.75, 3.05) is 13.1 Å². The van der Waals surface area contributed by atoms with Crippen molar-refractivity contribution in [3.05, 3.63) is 58.6 Å². The van der Waals surface area contributed by atoms with Gasteiger partial charge in [-0.15, -0.1) is 12.4 Å². The van der Waals surface area contributed by atoms with E-state index in [9.17, 15) is 0 Å². The first kappa shape index (κ1) is 13.7. The Hall–Kier alpha value is -1.22. The molecule has 0 spiro atoms. The average molecular weight is 308 g/mol. The molecular formula is C16H15Cl2NO. The molecule has 104 valence electrons. The van der Waals surface area contributed by atoms with E-state index in [1.807, 2.05) is 24.3 Å². The summed E-state index contributed by atoms with van der Waals surface area (Å²) in [7, 11) is 0. The van der Waals surface area contributed by atoms with Gasteiger partial charge in [-0.3, -0.25) is 0 Å². The molecule has 4 heteroatoms. The molecule has 1 saturated heterocycles. The molecule has 2 aromatic carbocycles. The Morgan fingerprint density at radius 3 is 2.50 bits per heavy atom. The zero-order valence-electron chi connectivity index (χ0n) is 10.8. The minimum absolute atomic E-state index is 0. The van der Waals surface area contributed by atoms with Crippen LogP contribution in [0.25, 0.3) is 0 Å². The van der Waals surface area contributed by atoms with Gasteiger partial charge in [0, 0.05) is 35.5 Å². The second-order valence-corrected chi connectivity index (χ2v) is 5.63. The van der Waals surface area contributed by atoms with E-state index in [1.54, 1.807) is 0 Å². The number of rotatable bonds is 0. The van der Waals surface area contributed by atoms with E-state index in [0.717, 1.165) is 29.6 Å². The van der Waals surface area contributed by atoms with Crippen LogP contribution in [0.15, 0.2) is 42.5 Å². The summed E-state index contributed by atoms with van der Waals surface area (Å²) in [5.74, 6) is 2.82. The Morgan fingerprint density at radius 2 is 1.65 bits per heavy atom. The Morgan fingerprint density at radius 1 is 0.950 bits per heavy atom. The first-order valence-electron chi connectivity index (χ1n) is 6.60. The molecule has 0 aromatic heterocycles. The fraction of sp³-hybridized carbons (Fsp3) is 0.250.